The fourth-order valence-electron chi connectivity index (χ4n) is 1.78. The van der Waals surface area contributed by atoms with Crippen molar-refractivity contribution in [2.24, 2.45) is 0 Å². The van der Waals surface area contributed by atoms with E-state index in [0.29, 0.717) is 13.1 Å². The number of nitrogens with zero attached hydrogens (tertiary/aromatic N) is 3. The zero-order valence-corrected chi connectivity index (χ0v) is 8.96. The number of morpholine rings is 1. The lowest BCUT2D eigenvalue weighted by molar-refractivity contribution is -0.0859. The van der Waals surface area contributed by atoms with Crippen molar-refractivity contribution in [3.63, 3.8) is 0 Å². The number of rotatable bonds is 2. The largest absolute Gasteiger partial charge is 0.394 e. The van der Waals surface area contributed by atoms with E-state index < -0.39 is 0 Å². The maximum Gasteiger partial charge on any atom is 0.276 e. The van der Waals surface area contributed by atoms with E-state index >= 15 is 0 Å². The summed E-state index contributed by atoms with van der Waals surface area (Å²) in [5.74, 6) is -0.192. The third kappa shape index (κ3) is 2.20. The molecule has 1 saturated heterocycles. The predicted octanol–water partition coefficient (Wildman–Crippen LogP) is -0.973. The Balaban J connectivity index is 2.06. The fraction of sp³-hybridized carbons (Fsp3) is 0.667. The van der Waals surface area contributed by atoms with Crippen LogP contribution in [0.4, 0.5) is 0 Å². The molecule has 1 aromatic heterocycles. The second-order valence-corrected chi connectivity index (χ2v) is 3.82. The van der Waals surface area contributed by atoms with Crippen molar-refractivity contribution >= 4 is 5.91 Å². The number of hydrogen-bond donors (Lipinski definition) is 2. The van der Waals surface area contributed by atoms with Crippen molar-refractivity contribution < 1.29 is 14.6 Å². The summed E-state index contributed by atoms with van der Waals surface area (Å²) in [6, 6.07) is 0. The smallest absolute Gasteiger partial charge is 0.276 e. The van der Waals surface area contributed by atoms with Crippen LogP contribution < -0.4 is 0 Å². The molecule has 0 spiro atoms. The standard InChI is InChI=1S/C9H14N4O3/c1-6-3-13(4-7(5-14)16-6)9(15)8-2-10-12-11-8/h2,6-7,14H,3-5H2,1H3,(H,10,11,12). The van der Waals surface area contributed by atoms with Crippen LogP contribution in [0.5, 0.6) is 0 Å². The van der Waals surface area contributed by atoms with Gasteiger partial charge in [-0.3, -0.25) is 4.79 Å². The molecule has 1 amide bonds. The van der Waals surface area contributed by atoms with Crippen LogP contribution in [0, 0.1) is 0 Å². The Morgan fingerprint density at radius 3 is 3.19 bits per heavy atom. The number of hydrogen-bond acceptors (Lipinski definition) is 5. The number of amides is 1. The summed E-state index contributed by atoms with van der Waals surface area (Å²) in [6.45, 7) is 2.66. The first-order valence-corrected chi connectivity index (χ1v) is 5.12. The highest BCUT2D eigenvalue weighted by Gasteiger charge is 2.29. The average molecular weight is 226 g/mol. The highest BCUT2D eigenvalue weighted by molar-refractivity contribution is 5.91. The van der Waals surface area contributed by atoms with Gasteiger partial charge in [-0.25, -0.2) is 0 Å². The number of carbonyl (C=O) groups excluding carboxylic acids is 1. The molecule has 7 nitrogen and oxygen atoms in total. The Kier molecular flexibility index (Phi) is 3.16. The summed E-state index contributed by atoms with van der Waals surface area (Å²) in [7, 11) is 0. The van der Waals surface area contributed by atoms with Crippen LogP contribution in [0.2, 0.25) is 0 Å². The first-order chi connectivity index (χ1) is 7.70. The zero-order valence-electron chi connectivity index (χ0n) is 8.96. The third-order valence-electron chi connectivity index (χ3n) is 2.45. The molecule has 1 aliphatic heterocycles. The Labute approximate surface area is 92.4 Å². The maximum absolute atomic E-state index is 11.9. The summed E-state index contributed by atoms with van der Waals surface area (Å²) in [6.07, 6.45) is 0.984. The van der Waals surface area contributed by atoms with Crippen molar-refractivity contribution in [2.75, 3.05) is 19.7 Å². The van der Waals surface area contributed by atoms with Gasteiger partial charge in [0, 0.05) is 13.1 Å². The zero-order chi connectivity index (χ0) is 11.5. The molecule has 2 rings (SSSR count). The Bertz CT molecular complexity index is 354. The van der Waals surface area contributed by atoms with Gasteiger partial charge in [-0.2, -0.15) is 15.4 Å². The molecule has 0 aromatic carbocycles. The quantitative estimate of drug-likeness (QED) is 0.676. The van der Waals surface area contributed by atoms with Crippen LogP contribution in [0.15, 0.2) is 6.20 Å². The molecule has 2 N–H and O–H groups in total. The highest BCUT2D eigenvalue weighted by atomic mass is 16.5. The fourth-order valence-corrected chi connectivity index (χ4v) is 1.78. The molecule has 1 aromatic rings. The van der Waals surface area contributed by atoms with E-state index in [1.807, 2.05) is 6.92 Å². The van der Waals surface area contributed by atoms with E-state index in [0.717, 1.165) is 0 Å². The van der Waals surface area contributed by atoms with Crippen LogP contribution in [0.1, 0.15) is 17.4 Å². The first-order valence-electron chi connectivity index (χ1n) is 5.12. The van der Waals surface area contributed by atoms with E-state index in [2.05, 4.69) is 15.4 Å². The van der Waals surface area contributed by atoms with E-state index in [4.69, 9.17) is 9.84 Å². The van der Waals surface area contributed by atoms with Gasteiger partial charge in [0.05, 0.1) is 25.0 Å². The molecule has 1 aliphatic rings. The molecular formula is C9H14N4O3. The van der Waals surface area contributed by atoms with Crippen molar-refractivity contribution in [3.8, 4) is 0 Å². The summed E-state index contributed by atoms with van der Waals surface area (Å²) >= 11 is 0. The van der Waals surface area contributed by atoms with Crippen molar-refractivity contribution in [1.82, 2.24) is 20.3 Å². The number of aliphatic hydroxyl groups excluding tert-OH is 1. The lowest BCUT2D eigenvalue weighted by atomic mass is 10.2. The Morgan fingerprint density at radius 1 is 1.75 bits per heavy atom. The van der Waals surface area contributed by atoms with Crippen LogP contribution in [0.25, 0.3) is 0 Å². The molecule has 0 saturated carbocycles. The lowest BCUT2D eigenvalue weighted by Gasteiger charge is -2.35. The molecular weight excluding hydrogens is 212 g/mol. The van der Waals surface area contributed by atoms with E-state index in [1.165, 1.54) is 6.20 Å². The van der Waals surface area contributed by atoms with Gasteiger partial charge in [-0.15, -0.1) is 0 Å². The van der Waals surface area contributed by atoms with Gasteiger partial charge in [0.25, 0.3) is 5.91 Å². The summed E-state index contributed by atoms with van der Waals surface area (Å²) in [5, 5.41) is 18.8. The molecule has 0 aliphatic carbocycles. The molecule has 16 heavy (non-hydrogen) atoms. The summed E-state index contributed by atoms with van der Waals surface area (Å²) in [4.78, 5) is 13.6. The topological polar surface area (TPSA) is 91.3 Å². The van der Waals surface area contributed by atoms with E-state index in [9.17, 15) is 4.79 Å². The normalized spacial score (nSPS) is 25.8. The van der Waals surface area contributed by atoms with Gasteiger partial charge < -0.3 is 14.7 Å². The number of H-pyrrole nitrogens is 1. The second kappa shape index (κ2) is 4.58. The molecule has 2 unspecified atom stereocenters. The van der Waals surface area contributed by atoms with Gasteiger partial charge in [0.15, 0.2) is 5.69 Å². The number of aromatic amines is 1. The van der Waals surface area contributed by atoms with Gasteiger partial charge in [0.1, 0.15) is 0 Å². The van der Waals surface area contributed by atoms with Crippen LogP contribution >= 0.6 is 0 Å². The molecule has 88 valence electrons. The SMILES string of the molecule is CC1CN(C(=O)c2cn[nH]n2)CC(CO)O1. The first kappa shape index (κ1) is 11.0. The third-order valence-corrected chi connectivity index (χ3v) is 2.45. The minimum Gasteiger partial charge on any atom is -0.394 e. The molecule has 1 fully saturated rings. The number of ether oxygens (including phenoxy) is 1. The molecule has 7 heteroatoms. The van der Waals surface area contributed by atoms with Gasteiger partial charge >= 0.3 is 0 Å². The van der Waals surface area contributed by atoms with E-state index in [-0.39, 0.29) is 30.4 Å². The van der Waals surface area contributed by atoms with Crippen LogP contribution in [-0.2, 0) is 4.74 Å². The predicted molar refractivity (Wildman–Crippen MR) is 53.7 cm³/mol. The second-order valence-electron chi connectivity index (χ2n) is 3.82. The summed E-state index contributed by atoms with van der Waals surface area (Å²) < 4.78 is 5.45. The Morgan fingerprint density at radius 2 is 2.56 bits per heavy atom. The minimum atomic E-state index is -0.320. The summed E-state index contributed by atoms with van der Waals surface area (Å²) in [5.41, 5.74) is 0.283. The lowest BCUT2D eigenvalue weighted by Crippen LogP contribution is -2.50. The van der Waals surface area contributed by atoms with Gasteiger partial charge in [-0.1, -0.05) is 0 Å². The van der Waals surface area contributed by atoms with Gasteiger partial charge in [0.2, 0.25) is 0 Å². The number of aliphatic hydroxyl groups is 1. The van der Waals surface area contributed by atoms with E-state index in [1.54, 1.807) is 4.90 Å². The molecule has 0 radical (unpaired) electrons. The number of carbonyl (C=O) groups is 1. The molecule has 0 bridgehead atoms. The van der Waals surface area contributed by atoms with Crippen molar-refractivity contribution in [2.45, 2.75) is 19.1 Å². The molecule has 2 heterocycles. The van der Waals surface area contributed by atoms with Crippen molar-refractivity contribution in [1.29, 1.82) is 0 Å². The Hall–Kier alpha value is -1.47. The van der Waals surface area contributed by atoms with Crippen LogP contribution in [0.3, 0.4) is 0 Å². The number of aromatic nitrogens is 3. The average Bonchev–Trinajstić information content (AvgIpc) is 2.80. The minimum absolute atomic E-state index is 0.0817. The maximum atomic E-state index is 11.9. The van der Waals surface area contributed by atoms with Gasteiger partial charge in [-0.05, 0) is 6.92 Å². The van der Waals surface area contributed by atoms with Crippen molar-refractivity contribution in [3.05, 3.63) is 11.9 Å². The van der Waals surface area contributed by atoms with Crippen LogP contribution in [-0.4, -0.2) is 63.2 Å². The molecule has 2 atom stereocenters. The highest BCUT2D eigenvalue weighted by Crippen LogP contribution is 2.12. The number of nitrogens with one attached hydrogen (secondary N) is 1. The monoisotopic (exact) mass is 226 g/mol.